The number of carboxylic acids is 1. The van der Waals surface area contributed by atoms with Crippen LogP contribution < -0.4 is 5.32 Å². The minimum absolute atomic E-state index is 0.0602. The largest absolute Gasteiger partial charge is 0.481 e. The molecule has 122 valence electrons. The number of hydrogen-bond donors (Lipinski definition) is 2. The summed E-state index contributed by atoms with van der Waals surface area (Å²) in [6.07, 6.45) is 6.87. The van der Waals surface area contributed by atoms with E-state index in [4.69, 9.17) is 5.11 Å². The lowest BCUT2D eigenvalue weighted by Crippen LogP contribution is -2.50. The Balaban J connectivity index is 2.60. The molecule has 0 aromatic carbocycles. The van der Waals surface area contributed by atoms with Crippen LogP contribution in [0, 0.1) is 0 Å². The first-order chi connectivity index (χ1) is 9.90. The summed E-state index contributed by atoms with van der Waals surface area (Å²) in [6, 6.07) is 0.115. The van der Waals surface area contributed by atoms with Crippen molar-refractivity contribution in [2.75, 3.05) is 13.6 Å². The fourth-order valence-corrected chi connectivity index (χ4v) is 3.21. The van der Waals surface area contributed by atoms with Crippen LogP contribution in [0.3, 0.4) is 0 Å². The number of aliphatic carboxylic acids is 1. The van der Waals surface area contributed by atoms with Crippen LogP contribution in [0.25, 0.3) is 0 Å². The zero-order valence-electron chi connectivity index (χ0n) is 13.7. The Morgan fingerprint density at radius 1 is 1.24 bits per heavy atom. The molecule has 2 N–H and O–H groups in total. The quantitative estimate of drug-likeness (QED) is 0.722. The number of amides is 1. The molecule has 0 unspecified atom stereocenters. The van der Waals surface area contributed by atoms with Crippen molar-refractivity contribution in [2.45, 2.75) is 76.8 Å². The Morgan fingerprint density at radius 2 is 1.86 bits per heavy atom. The molecule has 1 fully saturated rings. The van der Waals surface area contributed by atoms with Crippen molar-refractivity contribution in [3.8, 4) is 0 Å². The van der Waals surface area contributed by atoms with Crippen molar-refractivity contribution in [3.63, 3.8) is 0 Å². The molecule has 1 aliphatic rings. The molecular weight excluding hydrogens is 268 g/mol. The third-order valence-electron chi connectivity index (χ3n) is 4.56. The van der Waals surface area contributed by atoms with E-state index < -0.39 is 5.97 Å². The number of carbonyl (C=O) groups is 2. The van der Waals surface area contributed by atoms with Gasteiger partial charge in [-0.3, -0.25) is 9.59 Å². The highest BCUT2D eigenvalue weighted by Crippen LogP contribution is 2.31. The number of nitrogens with zero attached hydrogens (tertiary/aromatic N) is 1. The Kier molecular flexibility index (Phi) is 7.15. The second-order valence-electron chi connectivity index (χ2n) is 6.45. The molecule has 1 rings (SSSR count). The van der Waals surface area contributed by atoms with Crippen molar-refractivity contribution in [1.82, 2.24) is 10.2 Å². The molecule has 0 spiro atoms. The lowest BCUT2D eigenvalue weighted by Gasteiger charge is -2.39. The molecule has 0 aliphatic heterocycles. The molecular formula is C16H30N2O3. The summed E-state index contributed by atoms with van der Waals surface area (Å²) in [5, 5.41) is 12.1. The van der Waals surface area contributed by atoms with E-state index in [1.54, 1.807) is 0 Å². The van der Waals surface area contributed by atoms with Gasteiger partial charge in [-0.2, -0.15) is 0 Å². The van der Waals surface area contributed by atoms with Gasteiger partial charge in [-0.05, 0) is 40.2 Å². The molecule has 0 radical (unpaired) electrons. The summed E-state index contributed by atoms with van der Waals surface area (Å²) in [7, 11) is 1.95. The number of nitrogens with one attached hydrogen (secondary N) is 1. The Bertz CT molecular complexity index is 349. The highest BCUT2D eigenvalue weighted by Gasteiger charge is 2.34. The maximum absolute atomic E-state index is 12.6. The Hall–Kier alpha value is -1.10. The van der Waals surface area contributed by atoms with Crippen LogP contribution in [0.2, 0.25) is 0 Å². The molecule has 5 heteroatoms. The van der Waals surface area contributed by atoms with E-state index >= 15 is 0 Å². The first kappa shape index (κ1) is 18.0. The van der Waals surface area contributed by atoms with Gasteiger partial charge < -0.3 is 15.3 Å². The van der Waals surface area contributed by atoms with Crippen LogP contribution in [-0.2, 0) is 9.59 Å². The second kappa shape index (κ2) is 8.37. The first-order valence-electron chi connectivity index (χ1n) is 8.10. The normalized spacial score (nSPS) is 17.7. The lowest BCUT2D eigenvalue weighted by molar-refractivity contribution is -0.139. The van der Waals surface area contributed by atoms with E-state index in [-0.39, 0.29) is 23.9 Å². The molecule has 0 bridgehead atoms. The molecule has 0 saturated heterocycles. The lowest BCUT2D eigenvalue weighted by atomic mass is 9.79. The molecule has 0 aromatic rings. The fourth-order valence-electron chi connectivity index (χ4n) is 3.21. The zero-order chi connectivity index (χ0) is 15.9. The smallest absolute Gasteiger partial charge is 0.303 e. The van der Waals surface area contributed by atoms with Crippen LogP contribution >= 0.6 is 0 Å². The van der Waals surface area contributed by atoms with Gasteiger partial charge in [0.05, 0.1) is 0 Å². The second-order valence-corrected chi connectivity index (χ2v) is 6.45. The van der Waals surface area contributed by atoms with Crippen molar-refractivity contribution in [3.05, 3.63) is 0 Å². The summed E-state index contributed by atoms with van der Waals surface area (Å²) in [5.41, 5.74) is -0.0602. The van der Waals surface area contributed by atoms with Gasteiger partial charge in [-0.25, -0.2) is 0 Å². The molecule has 0 aromatic heterocycles. The van der Waals surface area contributed by atoms with E-state index in [1.165, 1.54) is 19.3 Å². The SMILES string of the molecule is CNC1(CC(=O)N(CCCC(=O)O)C(C)C)CCCCC1. The third-order valence-corrected chi connectivity index (χ3v) is 4.56. The number of carboxylic acid groups (broad SMARTS) is 1. The third kappa shape index (κ3) is 5.65. The Labute approximate surface area is 128 Å². The monoisotopic (exact) mass is 298 g/mol. The van der Waals surface area contributed by atoms with E-state index in [0.29, 0.717) is 19.4 Å². The first-order valence-corrected chi connectivity index (χ1v) is 8.10. The van der Waals surface area contributed by atoms with Crippen LogP contribution in [-0.4, -0.2) is 47.1 Å². The molecule has 0 heterocycles. The van der Waals surface area contributed by atoms with Gasteiger partial charge in [0, 0.05) is 31.0 Å². The molecule has 1 amide bonds. The van der Waals surface area contributed by atoms with E-state index in [0.717, 1.165) is 12.8 Å². The van der Waals surface area contributed by atoms with Gasteiger partial charge in [-0.15, -0.1) is 0 Å². The highest BCUT2D eigenvalue weighted by molar-refractivity contribution is 5.78. The molecule has 21 heavy (non-hydrogen) atoms. The average Bonchev–Trinajstić information content (AvgIpc) is 2.43. The maximum atomic E-state index is 12.6. The van der Waals surface area contributed by atoms with Crippen molar-refractivity contribution in [1.29, 1.82) is 0 Å². The zero-order valence-corrected chi connectivity index (χ0v) is 13.7. The number of hydrogen-bond acceptors (Lipinski definition) is 3. The summed E-state index contributed by atoms with van der Waals surface area (Å²) in [6.45, 7) is 4.51. The van der Waals surface area contributed by atoms with E-state index in [2.05, 4.69) is 5.32 Å². The van der Waals surface area contributed by atoms with E-state index in [1.807, 2.05) is 25.8 Å². The van der Waals surface area contributed by atoms with Gasteiger partial charge in [0.25, 0.3) is 0 Å². The summed E-state index contributed by atoms with van der Waals surface area (Å²) < 4.78 is 0. The van der Waals surface area contributed by atoms with Crippen LogP contribution in [0.4, 0.5) is 0 Å². The predicted molar refractivity (Wildman–Crippen MR) is 83.2 cm³/mol. The predicted octanol–water partition coefficient (Wildman–Crippen LogP) is 2.40. The number of carbonyl (C=O) groups excluding carboxylic acids is 1. The van der Waals surface area contributed by atoms with Gasteiger partial charge in [0.1, 0.15) is 0 Å². The average molecular weight is 298 g/mol. The fraction of sp³-hybridized carbons (Fsp3) is 0.875. The topological polar surface area (TPSA) is 69.6 Å². The van der Waals surface area contributed by atoms with Gasteiger partial charge in [0.2, 0.25) is 5.91 Å². The van der Waals surface area contributed by atoms with Crippen molar-refractivity contribution < 1.29 is 14.7 Å². The molecule has 0 atom stereocenters. The van der Waals surface area contributed by atoms with Crippen LogP contribution in [0.1, 0.15) is 65.2 Å². The van der Waals surface area contributed by atoms with E-state index in [9.17, 15) is 9.59 Å². The number of rotatable bonds is 8. The highest BCUT2D eigenvalue weighted by atomic mass is 16.4. The van der Waals surface area contributed by atoms with Crippen LogP contribution in [0.5, 0.6) is 0 Å². The maximum Gasteiger partial charge on any atom is 0.303 e. The standard InChI is InChI=1S/C16H30N2O3/c1-13(2)18(11-7-8-15(20)21)14(19)12-16(17-3)9-5-4-6-10-16/h13,17H,4-12H2,1-3H3,(H,20,21). The summed E-state index contributed by atoms with van der Waals surface area (Å²) in [4.78, 5) is 25.1. The molecule has 1 saturated carbocycles. The van der Waals surface area contributed by atoms with Gasteiger partial charge >= 0.3 is 5.97 Å². The minimum Gasteiger partial charge on any atom is -0.481 e. The van der Waals surface area contributed by atoms with Gasteiger partial charge in [0.15, 0.2) is 0 Å². The van der Waals surface area contributed by atoms with Crippen LogP contribution in [0.15, 0.2) is 0 Å². The summed E-state index contributed by atoms with van der Waals surface area (Å²) >= 11 is 0. The summed E-state index contributed by atoms with van der Waals surface area (Å²) in [5.74, 6) is -0.656. The van der Waals surface area contributed by atoms with Gasteiger partial charge in [-0.1, -0.05) is 19.3 Å². The van der Waals surface area contributed by atoms with Crippen molar-refractivity contribution >= 4 is 11.9 Å². The molecule has 1 aliphatic carbocycles. The minimum atomic E-state index is -0.801. The molecule has 5 nitrogen and oxygen atoms in total. The van der Waals surface area contributed by atoms with Crippen molar-refractivity contribution in [2.24, 2.45) is 0 Å². The Morgan fingerprint density at radius 3 is 2.33 bits per heavy atom.